The summed E-state index contributed by atoms with van der Waals surface area (Å²) >= 11 is 0. The van der Waals surface area contributed by atoms with Crippen LogP contribution in [-0.2, 0) is 4.79 Å². The third-order valence-corrected chi connectivity index (χ3v) is 4.97. The summed E-state index contributed by atoms with van der Waals surface area (Å²) in [5.74, 6) is 1.33. The Morgan fingerprint density at radius 2 is 1.65 bits per heavy atom. The lowest BCUT2D eigenvalue weighted by atomic mass is 10.1. The maximum Gasteiger partial charge on any atom is 0.254 e. The van der Waals surface area contributed by atoms with Crippen molar-refractivity contribution in [1.29, 1.82) is 0 Å². The Kier molecular flexibility index (Phi) is 5.66. The van der Waals surface area contributed by atoms with Gasteiger partial charge in [-0.2, -0.15) is 0 Å². The number of rotatable bonds is 6. The lowest BCUT2D eigenvalue weighted by Gasteiger charge is -2.34. The van der Waals surface area contributed by atoms with Gasteiger partial charge in [0.1, 0.15) is 11.5 Å². The summed E-state index contributed by atoms with van der Waals surface area (Å²) < 4.78 is 10.7. The SMILES string of the molecule is COc1cc(C(=O)N2CCN(CC(=O)NC3CC3)CC2)cc(OC)c1C. The minimum atomic E-state index is -0.0383. The normalized spacial score (nSPS) is 17.7. The number of carbonyl (C=O) groups is 2. The molecule has 3 rings (SSSR count). The summed E-state index contributed by atoms with van der Waals surface area (Å²) in [4.78, 5) is 28.7. The number of methoxy groups -OCH3 is 2. The van der Waals surface area contributed by atoms with Crippen LogP contribution in [0.4, 0.5) is 0 Å². The van der Waals surface area contributed by atoms with E-state index in [1.807, 2.05) is 11.8 Å². The molecule has 2 amide bonds. The molecule has 0 atom stereocenters. The molecule has 1 heterocycles. The standard InChI is InChI=1S/C19H27N3O4/c1-13-16(25-2)10-14(11-17(13)26-3)19(24)22-8-6-21(7-9-22)12-18(23)20-15-4-5-15/h10-11,15H,4-9,12H2,1-3H3,(H,20,23). The van der Waals surface area contributed by atoms with E-state index in [0.29, 0.717) is 55.8 Å². The van der Waals surface area contributed by atoms with Crippen LogP contribution in [0.15, 0.2) is 12.1 Å². The zero-order valence-corrected chi connectivity index (χ0v) is 15.7. The molecule has 0 bridgehead atoms. The highest BCUT2D eigenvalue weighted by atomic mass is 16.5. The van der Waals surface area contributed by atoms with Crippen LogP contribution in [0.3, 0.4) is 0 Å². The molecular weight excluding hydrogens is 334 g/mol. The van der Waals surface area contributed by atoms with Crippen molar-refractivity contribution in [2.45, 2.75) is 25.8 Å². The zero-order chi connectivity index (χ0) is 18.7. The Balaban J connectivity index is 1.58. The molecule has 0 unspecified atom stereocenters. The van der Waals surface area contributed by atoms with Crippen molar-refractivity contribution in [3.8, 4) is 11.5 Å². The van der Waals surface area contributed by atoms with Crippen molar-refractivity contribution in [3.63, 3.8) is 0 Å². The number of carbonyl (C=O) groups excluding carboxylic acids is 2. The molecule has 26 heavy (non-hydrogen) atoms. The number of nitrogens with zero attached hydrogens (tertiary/aromatic N) is 2. The molecular formula is C19H27N3O4. The fourth-order valence-electron chi connectivity index (χ4n) is 3.21. The lowest BCUT2D eigenvalue weighted by Crippen LogP contribution is -2.51. The van der Waals surface area contributed by atoms with Gasteiger partial charge >= 0.3 is 0 Å². The second-order valence-corrected chi connectivity index (χ2v) is 6.92. The molecule has 2 fully saturated rings. The van der Waals surface area contributed by atoms with E-state index in [1.54, 1.807) is 26.4 Å². The molecule has 1 aliphatic heterocycles. The van der Waals surface area contributed by atoms with E-state index in [1.165, 1.54) is 0 Å². The predicted octanol–water partition coefficient (Wildman–Crippen LogP) is 1.05. The first-order valence-corrected chi connectivity index (χ1v) is 9.05. The molecule has 1 saturated heterocycles. The average molecular weight is 361 g/mol. The van der Waals surface area contributed by atoms with Gasteiger partial charge in [0, 0.05) is 43.3 Å². The van der Waals surface area contributed by atoms with Crippen LogP contribution < -0.4 is 14.8 Å². The molecule has 0 aromatic heterocycles. The van der Waals surface area contributed by atoms with Crippen LogP contribution in [0.2, 0.25) is 0 Å². The van der Waals surface area contributed by atoms with Gasteiger partial charge in [0.2, 0.25) is 5.91 Å². The van der Waals surface area contributed by atoms with Gasteiger partial charge in [-0.3, -0.25) is 14.5 Å². The van der Waals surface area contributed by atoms with Crippen LogP contribution in [0.25, 0.3) is 0 Å². The number of hydrogen-bond donors (Lipinski definition) is 1. The van der Waals surface area contributed by atoms with E-state index in [9.17, 15) is 9.59 Å². The van der Waals surface area contributed by atoms with Crippen molar-refractivity contribution in [3.05, 3.63) is 23.3 Å². The largest absolute Gasteiger partial charge is 0.496 e. The third-order valence-electron chi connectivity index (χ3n) is 4.97. The molecule has 1 saturated carbocycles. The van der Waals surface area contributed by atoms with Gasteiger partial charge in [-0.1, -0.05) is 0 Å². The molecule has 1 aromatic rings. The van der Waals surface area contributed by atoms with Crippen molar-refractivity contribution >= 4 is 11.8 Å². The summed E-state index contributed by atoms with van der Waals surface area (Å²) in [6, 6.07) is 3.91. The van der Waals surface area contributed by atoms with Gasteiger partial charge in [0.15, 0.2) is 0 Å². The van der Waals surface area contributed by atoms with Gasteiger partial charge in [0.05, 0.1) is 20.8 Å². The molecule has 1 N–H and O–H groups in total. The Hall–Kier alpha value is -2.28. The van der Waals surface area contributed by atoms with Crippen LogP contribution in [0, 0.1) is 6.92 Å². The number of piperazine rings is 1. The summed E-state index contributed by atoms with van der Waals surface area (Å²) in [6.07, 6.45) is 2.19. The number of hydrogen-bond acceptors (Lipinski definition) is 5. The molecule has 0 spiro atoms. The van der Waals surface area contributed by atoms with Crippen molar-refractivity contribution < 1.29 is 19.1 Å². The third kappa shape index (κ3) is 4.27. The van der Waals surface area contributed by atoms with Gasteiger partial charge < -0.3 is 19.7 Å². The number of amides is 2. The van der Waals surface area contributed by atoms with E-state index in [4.69, 9.17) is 9.47 Å². The van der Waals surface area contributed by atoms with Crippen LogP contribution >= 0.6 is 0 Å². The topological polar surface area (TPSA) is 71.1 Å². The van der Waals surface area contributed by atoms with E-state index < -0.39 is 0 Å². The van der Waals surface area contributed by atoms with Crippen molar-refractivity contribution in [2.75, 3.05) is 46.9 Å². The minimum absolute atomic E-state index is 0.0383. The van der Waals surface area contributed by atoms with E-state index in [0.717, 1.165) is 18.4 Å². The van der Waals surface area contributed by atoms with Crippen LogP contribution in [-0.4, -0.2) is 74.6 Å². The summed E-state index contributed by atoms with van der Waals surface area (Å²) in [5, 5.41) is 3.00. The monoisotopic (exact) mass is 361 g/mol. The predicted molar refractivity (Wildman–Crippen MR) is 97.8 cm³/mol. The number of ether oxygens (including phenoxy) is 2. The quantitative estimate of drug-likeness (QED) is 0.820. The summed E-state index contributed by atoms with van der Waals surface area (Å²) in [5.41, 5.74) is 1.43. The van der Waals surface area contributed by atoms with Crippen LogP contribution in [0.5, 0.6) is 11.5 Å². The van der Waals surface area contributed by atoms with Gasteiger partial charge in [0.25, 0.3) is 5.91 Å². The maximum atomic E-state index is 12.8. The maximum absolute atomic E-state index is 12.8. The Morgan fingerprint density at radius 3 is 2.15 bits per heavy atom. The first kappa shape index (κ1) is 18.5. The number of benzene rings is 1. The fourth-order valence-corrected chi connectivity index (χ4v) is 3.21. The second kappa shape index (κ2) is 7.95. The van der Waals surface area contributed by atoms with E-state index in [-0.39, 0.29) is 11.8 Å². The van der Waals surface area contributed by atoms with Crippen molar-refractivity contribution in [2.24, 2.45) is 0 Å². The van der Waals surface area contributed by atoms with Crippen LogP contribution in [0.1, 0.15) is 28.8 Å². The average Bonchev–Trinajstić information content (AvgIpc) is 3.45. The molecule has 7 heteroatoms. The van der Waals surface area contributed by atoms with Gasteiger partial charge in [-0.05, 0) is 31.9 Å². The first-order valence-electron chi connectivity index (χ1n) is 9.05. The highest BCUT2D eigenvalue weighted by Crippen LogP contribution is 2.30. The smallest absolute Gasteiger partial charge is 0.254 e. The Bertz CT molecular complexity index is 654. The molecule has 7 nitrogen and oxygen atoms in total. The molecule has 142 valence electrons. The van der Waals surface area contributed by atoms with Gasteiger partial charge in [-0.15, -0.1) is 0 Å². The van der Waals surface area contributed by atoms with Crippen molar-refractivity contribution in [1.82, 2.24) is 15.1 Å². The Labute approximate surface area is 154 Å². The minimum Gasteiger partial charge on any atom is -0.496 e. The van der Waals surface area contributed by atoms with Gasteiger partial charge in [-0.25, -0.2) is 0 Å². The molecule has 0 radical (unpaired) electrons. The molecule has 1 aromatic carbocycles. The number of nitrogens with one attached hydrogen (secondary N) is 1. The fraction of sp³-hybridized carbons (Fsp3) is 0.579. The van der Waals surface area contributed by atoms with E-state index in [2.05, 4.69) is 10.2 Å². The highest BCUT2D eigenvalue weighted by molar-refractivity contribution is 5.95. The highest BCUT2D eigenvalue weighted by Gasteiger charge is 2.27. The second-order valence-electron chi connectivity index (χ2n) is 6.92. The first-order chi connectivity index (χ1) is 12.5. The molecule has 2 aliphatic rings. The van der Waals surface area contributed by atoms with E-state index >= 15 is 0 Å². The lowest BCUT2D eigenvalue weighted by molar-refractivity contribution is -0.122. The summed E-state index contributed by atoms with van der Waals surface area (Å²) in [6.45, 7) is 4.91. The zero-order valence-electron chi connectivity index (χ0n) is 15.7. The molecule has 1 aliphatic carbocycles. The Morgan fingerprint density at radius 1 is 1.08 bits per heavy atom. The summed E-state index contributed by atoms with van der Waals surface area (Å²) in [7, 11) is 3.17.